The number of amides is 1. The molecule has 0 atom stereocenters. The van der Waals surface area contributed by atoms with Gasteiger partial charge in [0.2, 0.25) is 5.91 Å². The van der Waals surface area contributed by atoms with Crippen LogP contribution in [0.5, 0.6) is 0 Å². The monoisotopic (exact) mass is 323 g/mol. The minimum Gasteiger partial charge on any atom is -0.322 e. The molecule has 3 rings (SSSR count). The fourth-order valence-corrected chi connectivity index (χ4v) is 2.69. The molecule has 2 heterocycles. The quantitative estimate of drug-likeness (QED) is 0.783. The van der Waals surface area contributed by atoms with Crippen molar-refractivity contribution >= 4 is 22.5 Å². The van der Waals surface area contributed by atoms with Crippen LogP contribution in [-0.4, -0.2) is 39.2 Å². The molecule has 0 unspecified atom stereocenters. The van der Waals surface area contributed by atoms with E-state index < -0.39 is 0 Å². The average Bonchev–Trinajstić information content (AvgIpc) is 2.84. The van der Waals surface area contributed by atoms with Gasteiger partial charge in [0.05, 0.1) is 29.1 Å². The molecular formula is C18H21N5O. The molecule has 0 saturated carbocycles. The summed E-state index contributed by atoms with van der Waals surface area (Å²) in [7, 11) is 3.74. The van der Waals surface area contributed by atoms with Crippen LogP contribution in [0.2, 0.25) is 0 Å². The minimum atomic E-state index is -0.0608. The Morgan fingerprint density at radius 2 is 2.04 bits per heavy atom. The Morgan fingerprint density at radius 1 is 1.25 bits per heavy atom. The number of para-hydroxylation sites is 1. The highest BCUT2D eigenvalue weighted by molar-refractivity contribution is 5.92. The van der Waals surface area contributed by atoms with Gasteiger partial charge in [0.15, 0.2) is 0 Å². The summed E-state index contributed by atoms with van der Waals surface area (Å²) in [5.41, 5.74) is 3.48. The van der Waals surface area contributed by atoms with Gasteiger partial charge < -0.3 is 5.32 Å². The fraction of sp³-hybridized carbons (Fsp3) is 0.278. The largest absolute Gasteiger partial charge is 0.322 e. The summed E-state index contributed by atoms with van der Waals surface area (Å²) in [6, 6.07) is 12.1. The van der Waals surface area contributed by atoms with E-state index in [0.29, 0.717) is 13.1 Å². The van der Waals surface area contributed by atoms with Crippen molar-refractivity contribution in [3.63, 3.8) is 0 Å². The number of pyridine rings is 1. The van der Waals surface area contributed by atoms with E-state index in [1.807, 2.05) is 56.3 Å². The van der Waals surface area contributed by atoms with E-state index in [1.165, 1.54) is 0 Å². The molecule has 0 aliphatic carbocycles. The second-order valence-corrected chi connectivity index (χ2v) is 6.02. The van der Waals surface area contributed by atoms with Crippen LogP contribution in [0, 0.1) is 6.92 Å². The number of aromatic nitrogens is 3. The summed E-state index contributed by atoms with van der Waals surface area (Å²) in [5.74, 6) is -0.0608. The molecule has 0 saturated heterocycles. The molecular weight excluding hydrogens is 302 g/mol. The van der Waals surface area contributed by atoms with Crippen LogP contribution in [0.15, 0.2) is 42.6 Å². The van der Waals surface area contributed by atoms with Crippen molar-refractivity contribution in [3.8, 4) is 0 Å². The highest BCUT2D eigenvalue weighted by atomic mass is 16.2. The maximum atomic E-state index is 12.2. The number of nitrogens with one attached hydrogen (secondary N) is 1. The molecule has 0 spiro atoms. The molecule has 2 aromatic heterocycles. The second kappa shape index (κ2) is 6.80. The molecule has 0 fully saturated rings. The normalized spacial score (nSPS) is 11.2. The summed E-state index contributed by atoms with van der Waals surface area (Å²) in [4.78, 5) is 18.8. The van der Waals surface area contributed by atoms with E-state index in [2.05, 4.69) is 21.5 Å². The van der Waals surface area contributed by atoms with E-state index in [-0.39, 0.29) is 5.91 Å². The lowest BCUT2D eigenvalue weighted by atomic mass is 10.2. The zero-order valence-electron chi connectivity index (χ0n) is 14.2. The molecule has 1 amide bonds. The predicted molar refractivity (Wildman–Crippen MR) is 94.7 cm³/mol. The molecule has 0 aliphatic rings. The van der Waals surface area contributed by atoms with E-state index in [0.717, 1.165) is 28.0 Å². The maximum Gasteiger partial charge on any atom is 0.238 e. The third-order valence-electron chi connectivity index (χ3n) is 3.79. The molecule has 6 heteroatoms. The molecule has 0 bridgehead atoms. The fourth-order valence-electron chi connectivity index (χ4n) is 2.69. The number of nitrogens with zero attached hydrogens (tertiary/aromatic N) is 4. The summed E-state index contributed by atoms with van der Waals surface area (Å²) in [5, 5.41) is 8.23. The van der Waals surface area contributed by atoms with Gasteiger partial charge in [0.25, 0.3) is 0 Å². The standard InChI is InChI=1S/C18H21N5O/c1-13-17(11-23(3)21-13)20-18(24)12-22(2)10-15-9-8-14-6-4-5-7-16(14)19-15/h4-9,11H,10,12H2,1-3H3,(H,20,24). The van der Waals surface area contributed by atoms with Gasteiger partial charge in [-0.2, -0.15) is 5.10 Å². The first-order valence-electron chi connectivity index (χ1n) is 7.84. The van der Waals surface area contributed by atoms with Crippen molar-refractivity contribution in [2.45, 2.75) is 13.5 Å². The van der Waals surface area contributed by atoms with Crippen LogP contribution in [0.4, 0.5) is 5.69 Å². The van der Waals surface area contributed by atoms with Gasteiger partial charge in [-0.05, 0) is 26.1 Å². The first-order valence-corrected chi connectivity index (χ1v) is 7.84. The van der Waals surface area contributed by atoms with Crippen molar-refractivity contribution in [1.29, 1.82) is 0 Å². The molecule has 1 aromatic carbocycles. The molecule has 1 N–H and O–H groups in total. The van der Waals surface area contributed by atoms with Crippen molar-refractivity contribution < 1.29 is 4.79 Å². The topological polar surface area (TPSA) is 63.1 Å². The number of aryl methyl sites for hydroxylation is 2. The van der Waals surface area contributed by atoms with E-state index >= 15 is 0 Å². The lowest BCUT2D eigenvalue weighted by Gasteiger charge is -2.16. The summed E-state index contributed by atoms with van der Waals surface area (Å²) in [6.07, 6.45) is 1.80. The first kappa shape index (κ1) is 16.1. The van der Waals surface area contributed by atoms with Gasteiger partial charge in [-0.25, -0.2) is 0 Å². The first-order chi connectivity index (χ1) is 11.5. The molecule has 24 heavy (non-hydrogen) atoms. The average molecular weight is 323 g/mol. The van der Waals surface area contributed by atoms with Gasteiger partial charge in [-0.15, -0.1) is 0 Å². The Bertz CT molecular complexity index is 871. The SMILES string of the molecule is Cc1nn(C)cc1NC(=O)CN(C)Cc1ccc2ccccc2n1. The Kier molecular flexibility index (Phi) is 4.57. The number of hydrogen-bond donors (Lipinski definition) is 1. The van der Waals surface area contributed by atoms with E-state index in [9.17, 15) is 4.79 Å². The van der Waals surface area contributed by atoms with Crippen LogP contribution >= 0.6 is 0 Å². The van der Waals surface area contributed by atoms with Crippen molar-refractivity contribution in [1.82, 2.24) is 19.7 Å². The molecule has 6 nitrogen and oxygen atoms in total. The third kappa shape index (κ3) is 3.78. The Balaban J connectivity index is 1.60. The number of benzene rings is 1. The third-order valence-corrected chi connectivity index (χ3v) is 3.79. The number of fused-ring (bicyclic) bond motifs is 1. The van der Waals surface area contributed by atoms with E-state index in [1.54, 1.807) is 10.9 Å². The van der Waals surface area contributed by atoms with Crippen LogP contribution in [0.25, 0.3) is 10.9 Å². The van der Waals surface area contributed by atoms with Crippen molar-refractivity contribution in [3.05, 3.63) is 54.0 Å². The van der Waals surface area contributed by atoms with Gasteiger partial charge >= 0.3 is 0 Å². The maximum absolute atomic E-state index is 12.2. The lowest BCUT2D eigenvalue weighted by Crippen LogP contribution is -2.30. The van der Waals surface area contributed by atoms with Crippen LogP contribution in [-0.2, 0) is 18.4 Å². The number of carbonyl (C=O) groups is 1. The Labute approximate surface area is 141 Å². The zero-order valence-corrected chi connectivity index (χ0v) is 14.2. The number of rotatable bonds is 5. The zero-order chi connectivity index (χ0) is 17.1. The van der Waals surface area contributed by atoms with Crippen molar-refractivity contribution in [2.24, 2.45) is 7.05 Å². The summed E-state index contributed by atoms with van der Waals surface area (Å²) >= 11 is 0. The van der Waals surface area contributed by atoms with Gasteiger partial charge in [0.1, 0.15) is 0 Å². The van der Waals surface area contributed by atoms with Crippen LogP contribution < -0.4 is 5.32 Å². The number of anilines is 1. The highest BCUT2D eigenvalue weighted by Gasteiger charge is 2.11. The highest BCUT2D eigenvalue weighted by Crippen LogP contribution is 2.13. The molecule has 124 valence electrons. The smallest absolute Gasteiger partial charge is 0.238 e. The van der Waals surface area contributed by atoms with Gasteiger partial charge in [0, 0.05) is 25.2 Å². The lowest BCUT2D eigenvalue weighted by molar-refractivity contribution is -0.117. The summed E-state index contributed by atoms with van der Waals surface area (Å²) < 4.78 is 1.69. The molecule has 0 aliphatic heterocycles. The van der Waals surface area contributed by atoms with Crippen molar-refractivity contribution in [2.75, 3.05) is 18.9 Å². The Hall–Kier alpha value is -2.73. The van der Waals surface area contributed by atoms with Crippen LogP contribution in [0.3, 0.4) is 0 Å². The number of hydrogen-bond acceptors (Lipinski definition) is 4. The molecule has 0 radical (unpaired) electrons. The molecule has 3 aromatic rings. The van der Waals surface area contributed by atoms with Gasteiger partial charge in [-0.1, -0.05) is 24.3 Å². The Morgan fingerprint density at radius 3 is 2.79 bits per heavy atom. The minimum absolute atomic E-state index is 0.0608. The van der Waals surface area contributed by atoms with Gasteiger partial charge in [-0.3, -0.25) is 19.4 Å². The predicted octanol–water partition coefficient (Wildman–Crippen LogP) is 2.35. The number of likely N-dealkylation sites (N-methyl/N-ethyl adjacent to an activating group) is 1. The number of carbonyl (C=O) groups excluding carboxylic acids is 1. The van der Waals surface area contributed by atoms with Crippen LogP contribution in [0.1, 0.15) is 11.4 Å². The second-order valence-electron chi connectivity index (χ2n) is 6.02. The summed E-state index contributed by atoms with van der Waals surface area (Å²) in [6.45, 7) is 2.78. The van der Waals surface area contributed by atoms with E-state index in [4.69, 9.17) is 0 Å².